The molecular weight excluding hydrogens is 277 g/mol. The molecule has 0 radical (unpaired) electrons. The summed E-state index contributed by atoms with van der Waals surface area (Å²) < 4.78 is 37.9. The summed E-state index contributed by atoms with van der Waals surface area (Å²) in [7, 11) is 1.26. The van der Waals surface area contributed by atoms with Crippen LogP contribution in [0.4, 0.5) is 13.2 Å². The fraction of sp³-hybridized carbons (Fsp3) is 0.500. The second-order valence-corrected chi connectivity index (χ2v) is 4.31. The summed E-state index contributed by atoms with van der Waals surface area (Å²) in [6.45, 7) is 0.288. The van der Waals surface area contributed by atoms with Crippen molar-refractivity contribution in [2.45, 2.75) is 32.1 Å². The van der Waals surface area contributed by atoms with Crippen LogP contribution in [0.2, 0.25) is 0 Å². The molecule has 0 saturated heterocycles. The summed E-state index contributed by atoms with van der Waals surface area (Å²) >= 11 is 0. The van der Waals surface area contributed by atoms with Crippen LogP contribution in [0.3, 0.4) is 0 Å². The fourth-order valence-electron chi connectivity index (χ4n) is 1.88. The van der Waals surface area contributed by atoms with E-state index >= 15 is 0 Å². The molecule has 0 aliphatic carbocycles. The van der Waals surface area contributed by atoms with E-state index < -0.39 is 30.6 Å². The molecule has 1 rings (SSSR count). The van der Waals surface area contributed by atoms with Gasteiger partial charge in [0.05, 0.1) is 0 Å². The number of carbonyl (C=O) groups is 2. The molecule has 1 unspecified atom stereocenters. The minimum Gasteiger partial charge on any atom is -0.480 e. The van der Waals surface area contributed by atoms with Gasteiger partial charge in [-0.3, -0.25) is 4.79 Å². The zero-order chi connectivity index (χ0) is 15.5. The second kappa shape index (κ2) is 5.98. The van der Waals surface area contributed by atoms with Gasteiger partial charge in [0.25, 0.3) is 5.91 Å². The highest BCUT2D eigenvalue weighted by Crippen LogP contribution is 2.20. The van der Waals surface area contributed by atoms with Gasteiger partial charge in [-0.25, -0.2) is 4.79 Å². The molecule has 112 valence electrons. The molecule has 0 spiro atoms. The highest BCUT2D eigenvalue weighted by Gasteiger charge is 2.31. The summed E-state index contributed by atoms with van der Waals surface area (Å²) in [4.78, 5) is 24.0. The monoisotopic (exact) mass is 292 g/mol. The van der Waals surface area contributed by atoms with E-state index in [4.69, 9.17) is 5.11 Å². The van der Waals surface area contributed by atoms with Gasteiger partial charge in [-0.15, -0.1) is 0 Å². The Hall–Kier alpha value is -1.99. The maximum absolute atomic E-state index is 12.4. The van der Waals surface area contributed by atoms with Crippen LogP contribution >= 0.6 is 0 Å². The van der Waals surface area contributed by atoms with Crippen LogP contribution in [0.25, 0.3) is 0 Å². The molecule has 0 aliphatic heterocycles. The number of aromatic nitrogens is 1. The van der Waals surface area contributed by atoms with Gasteiger partial charge in [0.15, 0.2) is 0 Å². The van der Waals surface area contributed by atoms with Gasteiger partial charge in [-0.2, -0.15) is 13.2 Å². The lowest BCUT2D eigenvalue weighted by molar-refractivity contribution is -0.143. The lowest BCUT2D eigenvalue weighted by Crippen LogP contribution is -2.42. The van der Waals surface area contributed by atoms with Crippen LogP contribution in [-0.2, 0) is 11.3 Å². The Bertz CT molecular complexity index is 496. The van der Waals surface area contributed by atoms with Crippen molar-refractivity contribution in [3.8, 4) is 0 Å². The van der Waals surface area contributed by atoms with Crippen molar-refractivity contribution < 1.29 is 27.9 Å². The lowest BCUT2D eigenvalue weighted by atomic mass is 10.2. The first-order chi connectivity index (χ1) is 9.17. The van der Waals surface area contributed by atoms with Crippen molar-refractivity contribution in [1.29, 1.82) is 0 Å². The number of likely N-dealkylation sites (N-methyl/N-ethyl adjacent to an activating group) is 1. The molecule has 1 aromatic heterocycles. The summed E-state index contributed by atoms with van der Waals surface area (Å²) in [5, 5.41) is 8.97. The zero-order valence-electron chi connectivity index (χ0n) is 11.0. The molecule has 1 aromatic rings. The first-order valence-corrected chi connectivity index (χ1v) is 5.89. The molecule has 0 fully saturated rings. The molecular formula is C12H15F3N2O3. The van der Waals surface area contributed by atoms with Crippen LogP contribution in [0.5, 0.6) is 0 Å². The van der Waals surface area contributed by atoms with Crippen molar-refractivity contribution in [2.24, 2.45) is 0 Å². The number of aliphatic carboxylic acids is 1. The smallest absolute Gasteiger partial charge is 0.406 e. The number of carboxylic acids is 1. The molecule has 1 atom stereocenters. The van der Waals surface area contributed by atoms with Crippen LogP contribution in [-0.4, -0.2) is 45.7 Å². The second-order valence-electron chi connectivity index (χ2n) is 4.31. The Morgan fingerprint density at radius 3 is 2.50 bits per heavy atom. The zero-order valence-corrected chi connectivity index (χ0v) is 11.0. The molecule has 1 N–H and O–H groups in total. The third kappa shape index (κ3) is 3.75. The summed E-state index contributed by atoms with van der Waals surface area (Å²) in [5.41, 5.74) is -0.190. The van der Waals surface area contributed by atoms with E-state index in [0.717, 1.165) is 15.7 Å². The van der Waals surface area contributed by atoms with E-state index in [1.807, 2.05) is 0 Å². The number of hydrogen-bond donors (Lipinski definition) is 1. The van der Waals surface area contributed by atoms with Crippen LogP contribution < -0.4 is 0 Å². The number of rotatable bonds is 5. The van der Waals surface area contributed by atoms with Gasteiger partial charge >= 0.3 is 12.1 Å². The Morgan fingerprint density at radius 1 is 1.45 bits per heavy atom. The van der Waals surface area contributed by atoms with Crippen molar-refractivity contribution in [3.63, 3.8) is 0 Å². The number of nitrogens with zero attached hydrogens (tertiary/aromatic N) is 2. The predicted octanol–water partition coefficient (Wildman–Crippen LogP) is 1.99. The molecule has 1 amide bonds. The maximum Gasteiger partial charge on any atom is 0.406 e. The highest BCUT2D eigenvalue weighted by molar-refractivity contribution is 5.95. The molecule has 5 nitrogen and oxygen atoms in total. The number of hydrogen-bond acceptors (Lipinski definition) is 2. The third-order valence-corrected chi connectivity index (χ3v) is 2.86. The first-order valence-electron chi connectivity index (χ1n) is 5.89. The van der Waals surface area contributed by atoms with E-state index in [1.165, 1.54) is 19.2 Å². The third-order valence-electron chi connectivity index (χ3n) is 2.86. The molecule has 0 aliphatic rings. The number of carbonyl (C=O) groups excluding carboxylic acids is 1. The summed E-state index contributed by atoms with van der Waals surface area (Å²) in [5.74, 6) is -1.95. The van der Waals surface area contributed by atoms with Crippen LogP contribution in [0.15, 0.2) is 18.3 Å². The number of alkyl halides is 3. The standard InChI is InChI=1S/C12H15F3N2O3/c1-3-8(11(19)20)16(2)10(18)9-5-4-6-17(9)7-12(13,14)15/h4-6,8H,3,7H2,1-2H3,(H,19,20). The minimum atomic E-state index is -4.45. The topological polar surface area (TPSA) is 62.5 Å². The SMILES string of the molecule is CCC(C(=O)O)N(C)C(=O)c1cccn1CC(F)(F)F. The van der Waals surface area contributed by atoms with E-state index in [1.54, 1.807) is 6.92 Å². The van der Waals surface area contributed by atoms with Gasteiger partial charge in [-0.05, 0) is 18.6 Å². The Balaban J connectivity index is 2.98. The molecule has 0 saturated carbocycles. The Morgan fingerprint density at radius 2 is 2.05 bits per heavy atom. The van der Waals surface area contributed by atoms with Gasteiger partial charge in [0.1, 0.15) is 18.3 Å². The fourth-order valence-corrected chi connectivity index (χ4v) is 1.88. The Kier molecular flexibility index (Phi) is 4.80. The van der Waals surface area contributed by atoms with Gasteiger partial charge in [0.2, 0.25) is 0 Å². The summed E-state index contributed by atoms with van der Waals surface area (Å²) in [6, 6.07) is 1.48. The number of halogens is 3. The number of carboxylic acid groups (broad SMARTS) is 1. The van der Waals surface area contributed by atoms with E-state index in [-0.39, 0.29) is 12.1 Å². The predicted molar refractivity (Wildman–Crippen MR) is 64.3 cm³/mol. The van der Waals surface area contributed by atoms with Crippen LogP contribution in [0.1, 0.15) is 23.8 Å². The molecule has 8 heteroatoms. The largest absolute Gasteiger partial charge is 0.480 e. The van der Waals surface area contributed by atoms with E-state index in [0.29, 0.717) is 0 Å². The molecule has 20 heavy (non-hydrogen) atoms. The summed E-state index contributed by atoms with van der Waals surface area (Å²) in [6.07, 6.45) is -3.16. The Labute approximate surface area is 113 Å². The van der Waals surface area contributed by atoms with E-state index in [9.17, 15) is 22.8 Å². The quantitative estimate of drug-likeness (QED) is 0.902. The van der Waals surface area contributed by atoms with Gasteiger partial charge in [-0.1, -0.05) is 6.92 Å². The lowest BCUT2D eigenvalue weighted by Gasteiger charge is -2.24. The maximum atomic E-state index is 12.4. The molecule has 1 heterocycles. The van der Waals surface area contributed by atoms with Gasteiger partial charge < -0.3 is 14.6 Å². The van der Waals surface area contributed by atoms with Crippen molar-refractivity contribution >= 4 is 11.9 Å². The molecule has 0 aromatic carbocycles. The van der Waals surface area contributed by atoms with E-state index in [2.05, 4.69) is 0 Å². The van der Waals surface area contributed by atoms with Crippen molar-refractivity contribution in [3.05, 3.63) is 24.0 Å². The average molecular weight is 292 g/mol. The van der Waals surface area contributed by atoms with Gasteiger partial charge in [0, 0.05) is 13.2 Å². The number of amides is 1. The highest BCUT2D eigenvalue weighted by atomic mass is 19.4. The first kappa shape index (κ1) is 16.1. The average Bonchev–Trinajstić information content (AvgIpc) is 2.73. The minimum absolute atomic E-state index is 0.164. The molecule has 0 bridgehead atoms. The van der Waals surface area contributed by atoms with Crippen molar-refractivity contribution in [1.82, 2.24) is 9.47 Å². The van der Waals surface area contributed by atoms with Crippen LogP contribution in [0, 0.1) is 0 Å². The normalized spacial score (nSPS) is 13.1. The van der Waals surface area contributed by atoms with Crippen molar-refractivity contribution in [2.75, 3.05) is 7.05 Å².